The first kappa shape index (κ1) is 16.3. The summed E-state index contributed by atoms with van der Waals surface area (Å²) in [5.74, 6) is 0. The van der Waals surface area contributed by atoms with Crippen LogP contribution in [0.5, 0.6) is 0 Å². The summed E-state index contributed by atoms with van der Waals surface area (Å²) < 4.78 is 0. The lowest BCUT2D eigenvalue weighted by molar-refractivity contribution is 0.426. The standard InChI is InChI=1S/C21H17BN2O2/c25-22(26)18-8-11-19(12-9-18)24(21-6-3-13-23-15-21)20-10-7-16-4-1-2-5-17(16)14-20/h1-15,25-26H. The van der Waals surface area contributed by atoms with Crippen LogP contribution in [0.15, 0.2) is 91.3 Å². The summed E-state index contributed by atoms with van der Waals surface area (Å²) in [6.07, 6.45) is 3.55. The van der Waals surface area contributed by atoms with Gasteiger partial charge in [0.05, 0.1) is 11.9 Å². The Morgan fingerprint density at radius 1 is 0.692 bits per heavy atom. The van der Waals surface area contributed by atoms with Crippen LogP contribution in [0.25, 0.3) is 10.8 Å². The minimum atomic E-state index is -1.48. The molecule has 0 radical (unpaired) electrons. The van der Waals surface area contributed by atoms with E-state index in [1.54, 1.807) is 18.3 Å². The molecule has 0 atom stereocenters. The lowest BCUT2D eigenvalue weighted by Gasteiger charge is -2.25. The van der Waals surface area contributed by atoms with Gasteiger partial charge in [0.2, 0.25) is 0 Å². The number of pyridine rings is 1. The van der Waals surface area contributed by atoms with Gasteiger partial charge in [-0.25, -0.2) is 0 Å². The van der Waals surface area contributed by atoms with Crippen LogP contribution in [0.1, 0.15) is 0 Å². The topological polar surface area (TPSA) is 56.6 Å². The first-order valence-corrected chi connectivity index (χ1v) is 8.37. The average molecular weight is 340 g/mol. The van der Waals surface area contributed by atoms with Gasteiger partial charge in [-0.1, -0.05) is 42.5 Å². The highest BCUT2D eigenvalue weighted by Crippen LogP contribution is 2.35. The summed E-state index contributed by atoms with van der Waals surface area (Å²) in [6.45, 7) is 0. The molecule has 1 heterocycles. The predicted molar refractivity (Wildman–Crippen MR) is 106 cm³/mol. The van der Waals surface area contributed by atoms with Crippen LogP contribution in [0, 0.1) is 0 Å². The summed E-state index contributed by atoms with van der Waals surface area (Å²) in [6, 6.07) is 25.6. The fourth-order valence-electron chi connectivity index (χ4n) is 3.04. The zero-order valence-corrected chi connectivity index (χ0v) is 14.0. The van der Waals surface area contributed by atoms with E-state index < -0.39 is 7.12 Å². The molecule has 0 unspecified atom stereocenters. The molecule has 126 valence electrons. The van der Waals surface area contributed by atoms with Gasteiger partial charge in [-0.05, 0) is 52.6 Å². The highest BCUT2D eigenvalue weighted by Gasteiger charge is 2.15. The Labute approximate surface area is 152 Å². The fourth-order valence-corrected chi connectivity index (χ4v) is 3.04. The van der Waals surface area contributed by atoms with E-state index in [1.165, 1.54) is 5.39 Å². The smallest absolute Gasteiger partial charge is 0.423 e. The Hall–Kier alpha value is -3.15. The van der Waals surface area contributed by atoms with Gasteiger partial charge >= 0.3 is 7.12 Å². The van der Waals surface area contributed by atoms with Gasteiger partial charge in [0.1, 0.15) is 0 Å². The van der Waals surface area contributed by atoms with Crippen molar-refractivity contribution >= 4 is 40.4 Å². The Morgan fingerprint density at radius 3 is 2.12 bits per heavy atom. The Morgan fingerprint density at radius 2 is 1.42 bits per heavy atom. The minimum absolute atomic E-state index is 0.457. The number of aromatic nitrogens is 1. The second kappa shape index (κ2) is 7.00. The van der Waals surface area contributed by atoms with Crippen LogP contribution in [0.2, 0.25) is 0 Å². The van der Waals surface area contributed by atoms with Crippen molar-refractivity contribution in [2.75, 3.05) is 4.90 Å². The molecule has 0 fully saturated rings. The first-order valence-electron chi connectivity index (χ1n) is 8.37. The Balaban J connectivity index is 1.84. The van der Waals surface area contributed by atoms with Gasteiger partial charge in [-0.3, -0.25) is 4.98 Å². The fraction of sp³-hybridized carbons (Fsp3) is 0. The van der Waals surface area contributed by atoms with Crippen LogP contribution >= 0.6 is 0 Å². The summed E-state index contributed by atoms with van der Waals surface area (Å²) in [7, 11) is -1.48. The van der Waals surface area contributed by atoms with E-state index in [-0.39, 0.29) is 0 Å². The van der Waals surface area contributed by atoms with Gasteiger partial charge in [0.15, 0.2) is 0 Å². The average Bonchev–Trinajstić information content (AvgIpc) is 2.69. The Kier molecular flexibility index (Phi) is 4.40. The van der Waals surface area contributed by atoms with E-state index >= 15 is 0 Å². The van der Waals surface area contributed by atoms with Crippen molar-refractivity contribution in [3.63, 3.8) is 0 Å². The highest BCUT2D eigenvalue weighted by atomic mass is 16.4. The van der Waals surface area contributed by atoms with Crippen molar-refractivity contribution < 1.29 is 10.0 Å². The van der Waals surface area contributed by atoms with Gasteiger partial charge in [-0.2, -0.15) is 0 Å². The van der Waals surface area contributed by atoms with Crippen molar-refractivity contribution in [2.24, 2.45) is 0 Å². The second-order valence-corrected chi connectivity index (χ2v) is 6.04. The van der Waals surface area contributed by atoms with Crippen molar-refractivity contribution in [1.82, 2.24) is 4.98 Å². The lowest BCUT2D eigenvalue weighted by Crippen LogP contribution is -2.29. The van der Waals surface area contributed by atoms with Gasteiger partial charge in [0.25, 0.3) is 0 Å². The molecular formula is C21H17BN2O2. The van der Waals surface area contributed by atoms with Crippen LogP contribution in [-0.4, -0.2) is 22.2 Å². The number of fused-ring (bicyclic) bond motifs is 1. The monoisotopic (exact) mass is 340 g/mol. The normalized spacial score (nSPS) is 10.7. The maximum atomic E-state index is 9.34. The number of nitrogens with zero attached hydrogens (tertiary/aromatic N) is 2. The summed E-state index contributed by atoms with van der Waals surface area (Å²) >= 11 is 0. The summed E-state index contributed by atoms with van der Waals surface area (Å²) in [4.78, 5) is 6.33. The van der Waals surface area contributed by atoms with Crippen LogP contribution in [0.4, 0.5) is 17.1 Å². The summed E-state index contributed by atoms with van der Waals surface area (Å²) in [5.41, 5.74) is 3.31. The molecule has 4 aromatic rings. The predicted octanol–water partition coefficient (Wildman–Crippen LogP) is 3.38. The molecule has 5 heteroatoms. The number of hydrogen-bond donors (Lipinski definition) is 2. The molecule has 3 aromatic carbocycles. The third-order valence-electron chi connectivity index (χ3n) is 4.34. The van der Waals surface area contributed by atoms with Crippen LogP contribution < -0.4 is 10.4 Å². The molecule has 0 amide bonds. The SMILES string of the molecule is OB(O)c1ccc(N(c2cccnc2)c2ccc3ccccc3c2)cc1. The van der Waals surface area contributed by atoms with E-state index in [2.05, 4.69) is 40.2 Å². The zero-order chi connectivity index (χ0) is 17.9. The van der Waals surface area contributed by atoms with Gasteiger partial charge in [0, 0.05) is 17.6 Å². The number of benzene rings is 3. The quantitative estimate of drug-likeness (QED) is 0.559. The molecule has 1 aromatic heterocycles. The third kappa shape index (κ3) is 3.18. The molecule has 0 saturated carbocycles. The van der Waals surface area contributed by atoms with Gasteiger partial charge < -0.3 is 14.9 Å². The lowest BCUT2D eigenvalue weighted by atomic mass is 9.80. The number of hydrogen-bond acceptors (Lipinski definition) is 4. The molecule has 0 aliphatic heterocycles. The van der Waals surface area contributed by atoms with Gasteiger partial charge in [-0.15, -0.1) is 0 Å². The maximum absolute atomic E-state index is 9.34. The molecule has 0 saturated heterocycles. The van der Waals surface area contributed by atoms with E-state index in [1.807, 2.05) is 42.6 Å². The van der Waals surface area contributed by atoms with E-state index in [9.17, 15) is 10.0 Å². The molecule has 0 bridgehead atoms. The first-order chi connectivity index (χ1) is 12.7. The molecule has 26 heavy (non-hydrogen) atoms. The second-order valence-electron chi connectivity index (χ2n) is 6.04. The van der Waals surface area contributed by atoms with Crippen molar-refractivity contribution in [1.29, 1.82) is 0 Å². The molecular weight excluding hydrogens is 323 g/mol. The molecule has 4 rings (SSSR count). The molecule has 0 spiro atoms. The molecule has 0 aliphatic rings. The van der Waals surface area contributed by atoms with E-state index in [0.29, 0.717) is 5.46 Å². The maximum Gasteiger partial charge on any atom is 0.488 e. The van der Waals surface area contributed by atoms with Crippen LogP contribution in [0.3, 0.4) is 0 Å². The number of rotatable bonds is 4. The van der Waals surface area contributed by atoms with Crippen molar-refractivity contribution in [2.45, 2.75) is 0 Å². The molecule has 2 N–H and O–H groups in total. The zero-order valence-electron chi connectivity index (χ0n) is 14.0. The minimum Gasteiger partial charge on any atom is -0.423 e. The van der Waals surface area contributed by atoms with Crippen molar-refractivity contribution in [3.8, 4) is 0 Å². The van der Waals surface area contributed by atoms with E-state index in [0.717, 1.165) is 22.4 Å². The molecule has 0 aliphatic carbocycles. The molecule has 4 nitrogen and oxygen atoms in total. The largest absolute Gasteiger partial charge is 0.488 e. The highest BCUT2D eigenvalue weighted by molar-refractivity contribution is 6.58. The third-order valence-corrected chi connectivity index (χ3v) is 4.34. The summed E-state index contributed by atoms with van der Waals surface area (Å²) in [5, 5.41) is 21.0. The van der Waals surface area contributed by atoms with Crippen LogP contribution in [-0.2, 0) is 0 Å². The van der Waals surface area contributed by atoms with E-state index in [4.69, 9.17) is 0 Å². The Bertz CT molecular complexity index is 1020. The van der Waals surface area contributed by atoms with Crippen molar-refractivity contribution in [3.05, 3.63) is 91.3 Å². The number of anilines is 3.